The van der Waals surface area contributed by atoms with Crippen molar-refractivity contribution in [2.24, 2.45) is 5.41 Å². The number of aliphatic hydroxyl groups is 5. The van der Waals surface area contributed by atoms with Gasteiger partial charge in [-0.25, -0.2) is 0 Å². The average Bonchev–Trinajstić information content (AvgIpc) is 2.64. The quantitative estimate of drug-likeness (QED) is 0.429. The monoisotopic (exact) mass is 302 g/mol. The Kier molecular flexibility index (Phi) is 3.36. The van der Waals surface area contributed by atoms with Crippen LogP contribution in [-0.2, 0) is 9.47 Å². The molecule has 3 aliphatic rings. The van der Waals surface area contributed by atoms with Gasteiger partial charge in [-0.05, 0) is 5.41 Å². The smallest absolute Gasteiger partial charge is 0.195 e. The number of hydrogen-bond acceptors (Lipinski definition) is 7. The second kappa shape index (κ2) is 4.65. The number of fused-ring (bicyclic) bond motifs is 3. The second-order valence-corrected chi connectivity index (χ2v) is 7.00. The first-order valence-electron chi connectivity index (χ1n) is 7.14. The zero-order valence-electron chi connectivity index (χ0n) is 12.1. The Labute approximate surface area is 122 Å². The van der Waals surface area contributed by atoms with Crippen molar-refractivity contribution >= 4 is 0 Å². The van der Waals surface area contributed by atoms with Crippen LogP contribution in [0.1, 0.15) is 26.7 Å². The van der Waals surface area contributed by atoms with Crippen LogP contribution in [0.5, 0.6) is 0 Å². The molecular formula is C14H22O7. The van der Waals surface area contributed by atoms with Gasteiger partial charge in [-0.2, -0.15) is 0 Å². The maximum absolute atomic E-state index is 10.7. The summed E-state index contributed by atoms with van der Waals surface area (Å²) in [5.74, 6) is -1.73. The van der Waals surface area contributed by atoms with Crippen LogP contribution < -0.4 is 0 Å². The molecule has 2 heterocycles. The number of hydrogen-bond donors (Lipinski definition) is 5. The highest BCUT2D eigenvalue weighted by Crippen LogP contribution is 2.52. The third-order valence-corrected chi connectivity index (χ3v) is 4.58. The van der Waals surface area contributed by atoms with Crippen LogP contribution in [0.25, 0.3) is 0 Å². The number of rotatable bonds is 1. The molecule has 0 aromatic rings. The van der Waals surface area contributed by atoms with Gasteiger partial charge >= 0.3 is 0 Å². The first kappa shape index (κ1) is 15.2. The van der Waals surface area contributed by atoms with E-state index >= 15 is 0 Å². The van der Waals surface area contributed by atoms with Crippen molar-refractivity contribution in [1.82, 2.24) is 0 Å². The van der Waals surface area contributed by atoms with Crippen LogP contribution in [0.15, 0.2) is 11.3 Å². The lowest BCUT2D eigenvalue weighted by Crippen LogP contribution is -2.57. The highest BCUT2D eigenvalue weighted by molar-refractivity contribution is 5.33. The van der Waals surface area contributed by atoms with E-state index < -0.39 is 42.9 Å². The van der Waals surface area contributed by atoms with Crippen molar-refractivity contribution < 1.29 is 35.0 Å². The van der Waals surface area contributed by atoms with Crippen molar-refractivity contribution in [3.63, 3.8) is 0 Å². The fraction of sp³-hybridized carbons (Fsp3) is 0.857. The minimum Gasteiger partial charge on any atom is -0.512 e. The normalized spacial score (nSPS) is 49.0. The molecule has 7 nitrogen and oxygen atoms in total. The second-order valence-electron chi connectivity index (χ2n) is 7.00. The molecule has 7 heteroatoms. The number of aliphatic hydroxyl groups excluding tert-OH is 4. The van der Waals surface area contributed by atoms with Gasteiger partial charge in [0.2, 0.25) is 0 Å². The predicted molar refractivity (Wildman–Crippen MR) is 70.3 cm³/mol. The van der Waals surface area contributed by atoms with E-state index in [0.717, 1.165) is 0 Å². The van der Waals surface area contributed by atoms with Crippen LogP contribution >= 0.6 is 0 Å². The van der Waals surface area contributed by atoms with E-state index in [-0.39, 0.29) is 23.2 Å². The topological polar surface area (TPSA) is 120 Å². The Balaban J connectivity index is 2.00. The molecule has 0 bridgehead atoms. The van der Waals surface area contributed by atoms with E-state index in [1.807, 2.05) is 13.8 Å². The molecular weight excluding hydrogens is 280 g/mol. The lowest BCUT2D eigenvalue weighted by molar-refractivity contribution is -0.254. The summed E-state index contributed by atoms with van der Waals surface area (Å²) in [6.07, 6.45) is -4.83. The molecule has 2 saturated heterocycles. The molecule has 6 unspecified atom stereocenters. The molecule has 6 atom stereocenters. The van der Waals surface area contributed by atoms with Gasteiger partial charge in [0, 0.05) is 12.8 Å². The SMILES string of the molecule is CC1(C)CC(O)=C2C3OC(CO)C(O)C(O)C3OC2(O)C1. The van der Waals surface area contributed by atoms with E-state index in [2.05, 4.69) is 0 Å². The van der Waals surface area contributed by atoms with Gasteiger partial charge in [0.25, 0.3) is 0 Å². The summed E-state index contributed by atoms with van der Waals surface area (Å²) >= 11 is 0. The number of allylic oxidation sites excluding steroid dienone is 1. The average molecular weight is 302 g/mol. The zero-order chi connectivity index (χ0) is 15.6. The molecule has 0 aromatic carbocycles. The third-order valence-electron chi connectivity index (χ3n) is 4.58. The van der Waals surface area contributed by atoms with Crippen molar-refractivity contribution in [2.45, 2.75) is 63.0 Å². The molecule has 2 fully saturated rings. The van der Waals surface area contributed by atoms with Crippen molar-refractivity contribution in [3.8, 4) is 0 Å². The fourth-order valence-electron chi connectivity index (χ4n) is 3.75. The molecule has 0 saturated carbocycles. The molecule has 0 amide bonds. The maximum Gasteiger partial charge on any atom is 0.195 e. The first-order chi connectivity index (χ1) is 9.68. The lowest BCUT2D eigenvalue weighted by Gasteiger charge is -2.39. The molecule has 5 N–H and O–H groups in total. The molecule has 1 aliphatic carbocycles. The Morgan fingerprint density at radius 1 is 1.24 bits per heavy atom. The van der Waals surface area contributed by atoms with E-state index in [9.17, 15) is 25.5 Å². The van der Waals surface area contributed by atoms with Crippen LogP contribution in [0, 0.1) is 5.41 Å². The maximum atomic E-state index is 10.7. The summed E-state index contributed by atoms with van der Waals surface area (Å²) in [6.45, 7) is 3.32. The summed E-state index contributed by atoms with van der Waals surface area (Å²) in [5.41, 5.74) is -0.160. The minimum absolute atomic E-state index is 0.0125. The van der Waals surface area contributed by atoms with E-state index in [1.54, 1.807) is 0 Å². The largest absolute Gasteiger partial charge is 0.512 e. The van der Waals surface area contributed by atoms with Crippen LogP contribution in [-0.4, -0.2) is 68.4 Å². The van der Waals surface area contributed by atoms with Gasteiger partial charge < -0.3 is 35.0 Å². The van der Waals surface area contributed by atoms with Crippen molar-refractivity contribution in [1.29, 1.82) is 0 Å². The highest BCUT2D eigenvalue weighted by atomic mass is 16.7. The Hall–Kier alpha value is -0.700. The summed E-state index contributed by atoms with van der Waals surface area (Å²) in [4.78, 5) is 0. The van der Waals surface area contributed by atoms with Gasteiger partial charge in [0.1, 0.15) is 36.3 Å². The Morgan fingerprint density at radius 2 is 1.90 bits per heavy atom. The molecule has 0 radical (unpaired) electrons. The Bertz CT molecular complexity index is 474. The van der Waals surface area contributed by atoms with Gasteiger partial charge in [-0.1, -0.05) is 13.8 Å². The zero-order valence-corrected chi connectivity index (χ0v) is 12.1. The molecule has 2 aliphatic heterocycles. The van der Waals surface area contributed by atoms with Crippen LogP contribution in [0.2, 0.25) is 0 Å². The van der Waals surface area contributed by atoms with Gasteiger partial charge in [-0.3, -0.25) is 0 Å². The van der Waals surface area contributed by atoms with Gasteiger partial charge in [-0.15, -0.1) is 0 Å². The van der Waals surface area contributed by atoms with Gasteiger partial charge in [0.05, 0.1) is 12.2 Å². The summed E-state index contributed by atoms with van der Waals surface area (Å²) in [5, 5.41) is 50.3. The van der Waals surface area contributed by atoms with Crippen molar-refractivity contribution in [2.75, 3.05) is 6.61 Å². The minimum atomic E-state index is -1.72. The van der Waals surface area contributed by atoms with E-state index in [0.29, 0.717) is 6.42 Å². The van der Waals surface area contributed by atoms with Gasteiger partial charge in [0.15, 0.2) is 5.79 Å². The van der Waals surface area contributed by atoms with E-state index in [1.165, 1.54) is 0 Å². The van der Waals surface area contributed by atoms with Crippen LogP contribution in [0.3, 0.4) is 0 Å². The molecule has 120 valence electrons. The molecule has 0 aromatic heterocycles. The first-order valence-corrected chi connectivity index (χ1v) is 7.14. The Morgan fingerprint density at radius 3 is 2.52 bits per heavy atom. The summed E-state index contributed by atoms with van der Waals surface area (Å²) < 4.78 is 11.1. The van der Waals surface area contributed by atoms with Crippen molar-refractivity contribution in [3.05, 3.63) is 11.3 Å². The third kappa shape index (κ3) is 2.19. The van der Waals surface area contributed by atoms with E-state index in [4.69, 9.17) is 9.47 Å². The molecule has 0 spiro atoms. The predicted octanol–water partition coefficient (Wildman–Crippen LogP) is -0.813. The highest BCUT2D eigenvalue weighted by Gasteiger charge is 2.62. The number of ether oxygens (including phenoxy) is 2. The lowest BCUT2D eigenvalue weighted by atomic mass is 9.73. The fourth-order valence-corrected chi connectivity index (χ4v) is 3.75. The molecule has 21 heavy (non-hydrogen) atoms. The molecule has 3 rings (SSSR count). The summed E-state index contributed by atoms with van der Waals surface area (Å²) in [7, 11) is 0. The summed E-state index contributed by atoms with van der Waals surface area (Å²) in [6, 6.07) is 0. The standard InChI is InChI=1S/C14H22O7/c1-13(2)3-6(16)8-11-12(21-14(8,19)5-13)10(18)9(17)7(4-15)20-11/h7,9-12,15-19H,3-5H2,1-2H3. The van der Waals surface area contributed by atoms with Crippen LogP contribution in [0.4, 0.5) is 0 Å².